The van der Waals surface area contributed by atoms with E-state index in [4.69, 9.17) is 0 Å². The lowest BCUT2D eigenvalue weighted by molar-refractivity contribution is 0.623. The highest BCUT2D eigenvalue weighted by atomic mass is 79.9. The lowest BCUT2D eigenvalue weighted by Crippen LogP contribution is -1.92. The van der Waals surface area contributed by atoms with Crippen LogP contribution in [-0.4, -0.2) is 17.0 Å². The van der Waals surface area contributed by atoms with Crippen molar-refractivity contribution in [3.63, 3.8) is 0 Å². The van der Waals surface area contributed by atoms with Gasteiger partial charge in [0.05, 0.1) is 15.5 Å². The maximum atomic E-state index is 13.5. The van der Waals surface area contributed by atoms with E-state index < -0.39 is 0 Å². The number of fused-ring (bicyclic) bond motifs is 1. The number of anilines is 1. The largest absolute Gasteiger partial charge is 0.388 e. The monoisotopic (exact) mass is 319 g/mol. The lowest BCUT2D eigenvalue weighted by atomic mass is 10.1. The summed E-state index contributed by atoms with van der Waals surface area (Å²) in [6.45, 7) is 0. The van der Waals surface area contributed by atoms with Crippen LogP contribution in [0, 0.1) is 5.82 Å². The van der Waals surface area contributed by atoms with Crippen molar-refractivity contribution in [2.45, 2.75) is 0 Å². The quantitative estimate of drug-likeness (QED) is 0.744. The average Bonchev–Trinajstić information content (AvgIpc) is 2.82. The first kappa shape index (κ1) is 12.2. The molecule has 1 heterocycles. The number of nitrogens with one attached hydrogen (secondary N) is 2. The van der Waals surface area contributed by atoms with Crippen molar-refractivity contribution < 1.29 is 4.39 Å². The molecule has 2 aromatic carbocycles. The summed E-state index contributed by atoms with van der Waals surface area (Å²) in [6.07, 6.45) is 0. The van der Waals surface area contributed by atoms with Crippen molar-refractivity contribution in [3.8, 4) is 11.4 Å². The molecule has 19 heavy (non-hydrogen) atoms. The zero-order valence-corrected chi connectivity index (χ0v) is 11.8. The number of aromatic nitrogens is 2. The van der Waals surface area contributed by atoms with E-state index in [2.05, 4.69) is 31.2 Å². The standard InChI is InChI=1S/C14H11BrFN3/c1-17-11-5-3-2-4-8(11)14-18-12-6-9(15)10(16)7-13(12)19-14/h2-7,17H,1H3,(H,18,19). The first-order valence-electron chi connectivity index (χ1n) is 5.81. The molecule has 3 aromatic rings. The zero-order valence-electron chi connectivity index (χ0n) is 10.2. The Labute approximate surface area is 118 Å². The molecule has 0 aliphatic carbocycles. The highest BCUT2D eigenvalue weighted by molar-refractivity contribution is 9.10. The third kappa shape index (κ3) is 2.10. The number of H-pyrrole nitrogens is 1. The molecule has 0 spiro atoms. The van der Waals surface area contributed by atoms with Crippen molar-refractivity contribution in [2.75, 3.05) is 12.4 Å². The fraction of sp³-hybridized carbons (Fsp3) is 0.0714. The normalized spacial score (nSPS) is 10.9. The summed E-state index contributed by atoms with van der Waals surface area (Å²) in [5, 5.41) is 3.12. The summed E-state index contributed by atoms with van der Waals surface area (Å²) in [6, 6.07) is 11.0. The van der Waals surface area contributed by atoms with Gasteiger partial charge in [0.25, 0.3) is 0 Å². The molecule has 0 saturated carbocycles. The Morgan fingerprint density at radius 3 is 2.84 bits per heavy atom. The van der Waals surface area contributed by atoms with Crippen molar-refractivity contribution in [2.24, 2.45) is 0 Å². The van der Waals surface area contributed by atoms with Gasteiger partial charge in [-0.25, -0.2) is 9.37 Å². The van der Waals surface area contributed by atoms with Gasteiger partial charge in [-0.2, -0.15) is 0 Å². The fourth-order valence-electron chi connectivity index (χ4n) is 2.04. The molecule has 0 aliphatic heterocycles. The van der Waals surface area contributed by atoms with Crippen LogP contribution in [0.4, 0.5) is 10.1 Å². The Hall–Kier alpha value is -1.88. The molecular formula is C14H11BrFN3. The molecule has 0 radical (unpaired) electrons. The Bertz CT molecular complexity index is 713. The summed E-state index contributed by atoms with van der Waals surface area (Å²) >= 11 is 3.17. The van der Waals surface area contributed by atoms with Gasteiger partial charge in [0.2, 0.25) is 0 Å². The number of hydrogen-bond donors (Lipinski definition) is 2. The number of para-hydroxylation sites is 1. The second kappa shape index (κ2) is 4.66. The van der Waals surface area contributed by atoms with E-state index >= 15 is 0 Å². The van der Waals surface area contributed by atoms with Crippen LogP contribution >= 0.6 is 15.9 Å². The van der Waals surface area contributed by atoms with E-state index in [1.807, 2.05) is 31.3 Å². The van der Waals surface area contributed by atoms with Crippen LogP contribution in [0.15, 0.2) is 40.9 Å². The third-order valence-electron chi connectivity index (χ3n) is 2.98. The molecule has 0 unspecified atom stereocenters. The second-order valence-corrected chi connectivity index (χ2v) is 5.02. The van der Waals surface area contributed by atoms with Gasteiger partial charge >= 0.3 is 0 Å². The van der Waals surface area contributed by atoms with Crippen LogP contribution in [0.3, 0.4) is 0 Å². The summed E-state index contributed by atoms with van der Waals surface area (Å²) in [7, 11) is 1.86. The molecule has 0 atom stereocenters. The minimum atomic E-state index is -0.301. The van der Waals surface area contributed by atoms with Crippen LogP contribution in [0.1, 0.15) is 0 Å². The maximum Gasteiger partial charge on any atom is 0.140 e. The molecule has 5 heteroatoms. The molecule has 3 rings (SSSR count). The summed E-state index contributed by atoms with van der Waals surface area (Å²) < 4.78 is 13.9. The predicted molar refractivity (Wildman–Crippen MR) is 78.7 cm³/mol. The highest BCUT2D eigenvalue weighted by Crippen LogP contribution is 2.29. The van der Waals surface area contributed by atoms with Crippen LogP contribution in [0.2, 0.25) is 0 Å². The van der Waals surface area contributed by atoms with E-state index in [1.54, 1.807) is 6.07 Å². The molecule has 96 valence electrons. The number of benzene rings is 2. The zero-order chi connectivity index (χ0) is 13.4. The number of rotatable bonds is 2. The highest BCUT2D eigenvalue weighted by Gasteiger charge is 2.10. The van der Waals surface area contributed by atoms with Gasteiger partial charge in [0.15, 0.2) is 0 Å². The Morgan fingerprint density at radius 2 is 2.05 bits per heavy atom. The van der Waals surface area contributed by atoms with Gasteiger partial charge in [-0.15, -0.1) is 0 Å². The number of hydrogen-bond acceptors (Lipinski definition) is 2. The third-order valence-corrected chi connectivity index (χ3v) is 3.58. The van der Waals surface area contributed by atoms with Gasteiger partial charge < -0.3 is 10.3 Å². The fourth-order valence-corrected chi connectivity index (χ4v) is 2.37. The Morgan fingerprint density at radius 1 is 1.26 bits per heavy atom. The van der Waals surface area contributed by atoms with Gasteiger partial charge in [0.1, 0.15) is 11.6 Å². The van der Waals surface area contributed by atoms with Crippen molar-refractivity contribution in [1.82, 2.24) is 9.97 Å². The lowest BCUT2D eigenvalue weighted by Gasteiger charge is -2.05. The molecule has 0 amide bonds. The summed E-state index contributed by atoms with van der Waals surface area (Å²) in [5.74, 6) is 0.419. The maximum absolute atomic E-state index is 13.5. The molecule has 0 saturated heterocycles. The first-order valence-corrected chi connectivity index (χ1v) is 6.60. The predicted octanol–water partition coefficient (Wildman–Crippen LogP) is 4.17. The Kier molecular flexibility index (Phi) is 2.98. The van der Waals surface area contributed by atoms with Crippen LogP contribution in [0.25, 0.3) is 22.4 Å². The van der Waals surface area contributed by atoms with Crippen LogP contribution in [0.5, 0.6) is 0 Å². The van der Waals surface area contributed by atoms with Gasteiger partial charge in [-0.3, -0.25) is 0 Å². The van der Waals surface area contributed by atoms with Gasteiger partial charge in [0, 0.05) is 24.4 Å². The van der Waals surface area contributed by atoms with Crippen LogP contribution < -0.4 is 5.32 Å². The van der Waals surface area contributed by atoms with E-state index in [-0.39, 0.29) is 5.82 Å². The SMILES string of the molecule is CNc1ccccc1-c1nc2cc(Br)c(F)cc2[nH]1. The minimum absolute atomic E-state index is 0.301. The summed E-state index contributed by atoms with van der Waals surface area (Å²) in [5.41, 5.74) is 3.34. The van der Waals surface area contributed by atoms with E-state index in [1.165, 1.54) is 6.07 Å². The molecule has 0 bridgehead atoms. The smallest absolute Gasteiger partial charge is 0.140 e. The summed E-state index contributed by atoms with van der Waals surface area (Å²) in [4.78, 5) is 7.64. The minimum Gasteiger partial charge on any atom is -0.388 e. The topological polar surface area (TPSA) is 40.7 Å². The molecule has 1 aromatic heterocycles. The van der Waals surface area contributed by atoms with Crippen LogP contribution in [-0.2, 0) is 0 Å². The van der Waals surface area contributed by atoms with Crippen molar-refractivity contribution >= 4 is 32.7 Å². The molecular weight excluding hydrogens is 309 g/mol. The van der Waals surface area contributed by atoms with E-state index in [0.29, 0.717) is 9.99 Å². The average molecular weight is 320 g/mol. The van der Waals surface area contributed by atoms with E-state index in [0.717, 1.165) is 22.6 Å². The number of imidazole rings is 1. The van der Waals surface area contributed by atoms with Gasteiger partial charge in [-0.1, -0.05) is 12.1 Å². The second-order valence-electron chi connectivity index (χ2n) is 4.16. The number of aromatic amines is 1. The molecule has 0 fully saturated rings. The first-order chi connectivity index (χ1) is 9.19. The van der Waals surface area contributed by atoms with Gasteiger partial charge in [-0.05, 0) is 34.1 Å². The van der Waals surface area contributed by atoms with Crippen molar-refractivity contribution in [3.05, 3.63) is 46.7 Å². The Balaban J connectivity index is 2.20. The number of halogens is 2. The molecule has 3 nitrogen and oxygen atoms in total. The number of nitrogens with zero attached hydrogens (tertiary/aromatic N) is 1. The molecule has 0 aliphatic rings. The van der Waals surface area contributed by atoms with E-state index in [9.17, 15) is 4.39 Å². The molecule has 2 N–H and O–H groups in total. The van der Waals surface area contributed by atoms with Crippen molar-refractivity contribution in [1.29, 1.82) is 0 Å².